The fourth-order valence-corrected chi connectivity index (χ4v) is 1.37. The van der Waals surface area contributed by atoms with Crippen molar-refractivity contribution in [3.8, 4) is 0 Å². The number of carbonyl (C=O) groups excluding carboxylic acids is 1. The van der Waals surface area contributed by atoms with Crippen molar-refractivity contribution in [3.05, 3.63) is 53.2 Å². The number of rotatable bonds is 2. The summed E-state index contributed by atoms with van der Waals surface area (Å²) in [4.78, 5) is 19.4. The average molecular weight is 252 g/mol. The second-order valence-corrected chi connectivity index (χ2v) is 3.58. The zero-order chi connectivity index (χ0) is 12.3. The monoisotopic (exact) mass is 251 g/mol. The Kier molecular flexibility index (Phi) is 3.30. The van der Waals surface area contributed by atoms with Crippen molar-refractivity contribution >= 4 is 23.3 Å². The lowest BCUT2D eigenvalue weighted by molar-refractivity contribution is 0.102. The van der Waals surface area contributed by atoms with Crippen molar-refractivity contribution in [3.63, 3.8) is 0 Å². The largest absolute Gasteiger partial charge is 0.305 e. The number of aromatic nitrogens is 2. The summed E-state index contributed by atoms with van der Waals surface area (Å²) in [5.41, 5.74) is 0.252. The number of nitrogens with one attached hydrogen (secondary N) is 1. The predicted molar refractivity (Wildman–Crippen MR) is 61.4 cm³/mol. The Labute approximate surface area is 101 Å². The van der Waals surface area contributed by atoms with Gasteiger partial charge in [-0.3, -0.25) is 9.78 Å². The highest BCUT2D eigenvalue weighted by Gasteiger charge is 2.09. The lowest BCUT2D eigenvalue weighted by Crippen LogP contribution is -2.13. The van der Waals surface area contributed by atoms with E-state index in [1.54, 1.807) is 0 Å². The molecule has 1 amide bonds. The van der Waals surface area contributed by atoms with Gasteiger partial charge in [0.1, 0.15) is 5.82 Å². The fraction of sp³-hybridized carbons (Fsp3) is 0. The Morgan fingerprint density at radius 2 is 2.18 bits per heavy atom. The van der Waals surface area contributed by atoms with Gasteiger partial charge in [0.2, 0.25) is 0 Å². The number of halogens is 2. The molecule has 0 fully saturated rings. The standard InChI is InChI=1S/C11H7ClFN3O/c12-8-5-7(1-2-9(8)13)11(17)16-10-6-14-3-4-15-10/h1-6H,(H,15,16,17). The fourth-order valence-electron chi connectivity index (χ4n) is 1.19. The summed E-state index contributed by atoms with van der Waals surface area (Å²) in [6.45, 7) is 0. The summed E-state index contributed by atoms with van der Waals surface area (Å²) < 4.78 is 12.9. The molecule has 0 unspecified atom stereocenters. The number of nitrogens with zero attached hydrogens (tertiary/aromatic N) is 2. The Balaban J connectivity index is 2.18. The molecule has 86 valence electrons. The summed E-state index contributed by atoms with van der Waals surface area (Å²) in [7, 11) is 0. The SMILES string of the molecule is O=C(Nc1cnccn1)c1ccc(F)c(Cl)c1. The van der Waals surface area contributed by atoms with E-state index in [4.69, 9.17) is 11.6 Å². The van der Waals surface area contributed by atoms with Crippen LogP contribution in [0.15, 0.2) is 36.8 Å². The maximum Gasteiger partial charge on any atom is 0.256 e. The zero-order valence-corrected chi connectivity index (χ0v) is 9.28. The highest BCUT2D eigenvalue weighted by molar-refractivity contribution is 6.31. The molecular weight excluding hydrogens is 245 g/mol. The molecule has 0 aliphatic rings. The molecule has 0 saturated heterocycles. The summed E-state index contributed by atoms with van der Waals surface area (Å²) in [5.74, 6) is -0.673. The van der Waals surface area contributed by atoms with Crippen molar-refractivity contribution in [1.82, 2.24) is 9.97 Å². The van der Waals surface area contributed by atoms with E-state index >= 15 is 0 Å². The third-order valence-electron chi connectivity index (χ3n) is 1.99. The van der Waals surface area contributed by atoms with Crippen LogP contribution in [-0.4, -0.2) is 15.9 Å². The first kappa shape index (κ1) is 11.5. The van der Waals surface area contributed by atoms with Gasteiger partial charge in [-0.05, 0) is 18.2 Å². The highest BCUT2D eigenvalue weighted by atomic mass is 35.5. The quantitative estimate of drug-likeness (QED) is 0.892. The molecular formula is C11H7ClFN3O. The lowest BCUT2D eigenvalue weighted by Gasteiger charge is -2.04. The molecule has 0 radical (unpaired) electrons. The summed E-state index contributed by atoms with van der Waals surface area (Å²) in [6, 6.07) is 3.73. The van der Waals surface area contributed by atoms with Crippen LogP contribution >= 0.6 is 11.6 Å². The van der Waals surface area contributed by atoms with E-state index in [1.165, 1.54) is 30.7 Å². The van der Waals surface area contributed by atoms with Gasteiger partial charge in [0, 0.05) is 18.0 Å². The van der Waals surface area contributed by atoms with E-state index in [1.807, 2.05) is 0 Å². The average Bonchev–Trinajstić information content (AvgIpc) is 2.34. The van der Waals surface area contributed by atoms with E-state index < -0.39 is 11.7 Å². The van der Waals surface area contributed by atoms with E-state index in [0.29, 0.717) is 5.82 Å². The van der Waals surface area contributed by atoms with Gasteiger partial charge >= 0.3 is 0 Å². The van der Waals surface area contributed by atoms with Gasteiger partial charge in [-0.15, -0.1) is 0 Å². The van der Waals surface area contributed by atoms with E-state index in [2.05, 4.69) is 15.3 Å². The van der Waals surface area contributed by atoms with Gasteiger partial charge in [-0.2, -0.15) is 0 Å². The van der Waals surface area contributed by atoms with Gasteiger partial charge in [-0.1, -0.05) is 11.6 Å². The molecule has 0 aliphatic heterocycles. The van der Waals surface area contributed by atoms with Gasteiger partial charge in [0.25, 0.3) is 5.91 Å². The molecule has 6 heteroatoms. The van der Waals surface area contributed by atoms with Gasteiger partial charge in [0.15, 0.2) is 5.82 Å². The number of hydrogen-bond donors (Lipinski definition) is 1. The maximum absolute atomic E-state index is 12.9. The molecule has 2 rings (SSSR count). The van der Waals surface area contributed by atoms with Crippen LogP contribution in [0, 0.1) is 5.82 Å². The van der Waals surface area contributed by atoms with Crippen LogP contribution in [-0.2, 0) is 0 Å². The van der Waals surface area contributed by atoms with Crippen LogP contribution in [0.1, 0.15) is 10.4 Å². The normalized spacial score (nSPS) is 10.0. The molecule has 0 saturated carbocycles. The van der Waals surface area contributed by atoms with E-state index in [9.17, 15) is 9.18 Å². The van der Waals surface area contributed by atoms with Crippen LogP contribution < -0.4 is 5.32 Å². The lowest BCUT2D eigenvalue weighted by atomic mass is 10.2. The topological polar surface area (TPSA) is 54.9 Å². The van der Waals surface area contributed by atoms with Crippen molar-refractivity contribution < 1.29 is 9.18 Å². The van der Waals surface area contributed by atoms with Crippen LogP contribution in [0.3, 0.4) is 0 Å². The van der Waals surface area contributed by atoms with Crippen LogP contribution in [0.25, 0.3) is 0 Å². The van der Waals surface area contributed by atoms with Crippen molar-refractivity contribution in [2.45, 2.75) is 0 Å². The minimum Gasteiger partial charge on any atom is -0.305 e. The molecule has 1 aromatic carbocycles. The molecule has 1 heterocycles. The third-order valence-corrected chi connectivity index (χ3v) is 2.28. The minimum absolute atomic E-state index is 0.100. The molecule has 0 aliphatic carbocycles. The first-order chi connectivity index (χ1) is 8.16. The molecule has 0 bridgehead atoms. The molecule has 1 N–H and O–H groups in total. The van der Waals surface area contributed by atoms with Crippen molar-refractivity contribution in [1.29, 1.82) is 0 Å². The molecule has 2 aromatic rings. The van der Waals surface area contributed by atoms with Gasteiger partial charge in [-0.25, -0.2) is 9.37 Å². The molecule has 1 aromatic heterocycles. The third kappa shape index (κ3) is 2.76. The minimum atomic E-state index is -0.567. The van der Waals surface area contributed by atoms with E-state index in [0.717, 1.165) is 6.07 Å². The molecule has 17 heavy (non-hydrogen) atoms. The maximum atomic E-state index is 12.9. The Hall–Kier alpha value is -2.01. The Bertz CT molecular complexity index is 548. The summed E-state index contributed by atoms with van der Waals surface area (Å²) >= 11 is 5.58. The van der Waals surface area contributed by atoms with Crippen LogP contribution in [0.5, 0.6) is 0 Å². The summed E-state index contributed by atoms with van der Waals surface area (Å²) in [6.07, 6.45) is 4.35. The van der Waals surface area contributed by atoms with Crippen LogP contribution in [0.4, 0.5) is 10.2 Å². The number of anilines is 1. The van der Waals surface area contributed by atoms with Crippen LogP contribution in [0.2, 0.25) is 5.02 Å². The zero-order valence-electron chi connectivity index (χ0n) is 8.52. The van der Waals surface area contributed by atoms with Gasteiger partial charge in [0.05, 0.1) is 11.2 Å². The smallest absolute Gasteiger partial charge is 0.256 e. The first-order valence-electron chi connectivity index (χ1n) is 4.69. The predicted octanol–water partition coefficient (Wildman–Crippen LogP) is 2.52. The first-order valence-corrected chi connectivity index (χ1v) is 5.07. The Morgan fingerprint density at radius 1 is 1.35 bits per heavy atom. The number of benzene rings is 1. The van der Waals surface area contributed by atoms with Gasteiger partial charge < -0.3 is 5.32 Å². The molecule has 4 nitrogen and oxygen atoms in total. The number of hydrogen-bond acceptors (Lipinski definition) is 3. The molecule has 0 atom stereocenters. The second-order valence-electron chi connectivity index (χ2n) is 3.17. The summed E-state index contributed by atoms with van der Waals surface area (Å²) in [5, 5.41) is 2.41. The molecule has 0 spiro atoms. The second kappa shape index (κ2) is 4.88. The number of amides is 1. The van der Waals surface area contributed by atoms with E-state index in [-0.39, 0.29) is 10.6 Å². The Morgan fingerprint density at radius 3 is 2.82 bits per heavy atom. The van der Waals surface area contributed by atoms with Crippen molar-refractivity contribution in [2.24, 2.45) is 0 Å². The van der Waals surface area contributed by atoms with Crippen molar-refractivity contribution in [2.75, 3.05) is 5.32 Å². The highest BCUT2D eigenvalue weighted by Crippen LogP contribution is 2.16. The number of carbonyl (C=O) groups is 1.